The van der Waals surface area contributed by atoms with Crippen LogP contribution in [-0.4, -0.2) is 33.5 Å². The molecule has 0 amide bonds. The highest BCUT2D eigenvalue weighted by Crippen LogP contribution is 2.26. The van der Waals surface area contributed by atoms with Crippen molar-refractivity contribution < 1.29 is 19.4 Å². The van der Waals surface area contributed by atoms with Crippen LogP contribution < -0.4 is 5.73 Å². The third-order valence-electron chi connectivity index (χ3n) is 1.35. The minimum absolute atomic E-state index is 0.0198. The third-order valence-corrected chi connectivity index (χ3v) is 1.68. The van der Waals surface area contributed by atoms with Crippen molar-refractivity contribution in [3.05, 3.63) is 0 Å². The average molecular weight is 279 g/mol. The Hall–Kier alpha value is -0.230. The molecule has 0 aromatic heterocycles. The van der Waals surface area contributed by atoms with Crippen LogP contribution in [0.3, 0.4) is 0 Å². The molecule has 0 aromatic rings. The zero-order valence-corrected chi connectivity index (χ0v) is 9.85. The number of carboxylic acids is 1. The van der Waals surface area contributed by atoms with Crippen molar-refractivity contribution in [1.82, 2.24) is 0 Å². The van der Waals surface area contributed by atoms with Gasteiger partial charge in [-0.25, -0.2) is 0 Å². The van der Waals surface area contributed by atoms with Gasteiger partial charge in [-0.15, -0.1) is 0 Å². The SMILES string of the molecule is N[C@@H](CCC(=O)O)C(=O)OCC(Cl)(Cl)Cl. The highest BCUT2D eigenvalue weighted by Gasteiger charge is 2.24. The molecular formula is C7H10Cl3NO4. The van der Waals surface area contributed by atoms with Crippen molar-refractivity contribution in [3.63, 3.8) is 0 Å². The predicted octanol–water partition coefficient (Wildman–Crippen LogP) is 1.09. The molecule has 8 heteroatoms. The zero-order valence-electron chi connectivity index (χ0n) is 7.58. The molecule has 0 spiro atoms. The summed E-state index contributed by atoms with van der Waals surface area (Å²) in [5, 5.41) is 8.33. The van der Waals surface area contributed by atoms with E-state index < -0.39 is 28.4 Å². The van der Waals surface area contributed by atoms with Crippen molar-refractivity contribution in [2.24, 2.45) is 5.73 Å². The topological polar surface area (TPSA) is 89.6 Å². The van der Waals surface area contributed by atoms with Crippen molar-refractivity contribution in [2.75, 3.05) is 6.61 Å². The van der Waals surface area contributed by atoms with E-state index in [-0.39, 0.29) is 12.8 Å². The fourth-order valence-corrected chi connectivity index (χ4v) is 0.820. The number of halogens is 3. The van der Waals surface area contributed by atoms with Crippen LogP contribution in [-0.2, 0) is 14.3 Å². The molecule has 0 aliphatic rings. The van der Waals surface area contributed by atoms with E-state index in [1.165, 1.54) is 0 Å². The first kappa shape index (κ1) is 14.8. The molecule has 0 aliphatic carbocycles. The molecule has 0 aromatic carbocycles. The second kappa shape index (κ2) is 6.37. The van der Waals surface area contributed by atoms with Crippen LogP contribution in [0.1, 0.15) is 12.8 Å². The smallest absolute Gasteiger partial charge is 0.323 e. The van der Waals surface area contributed by atoms with Crippen molar-refractivity contribution in [1.29, 1.82) is 0 Å². The van der Waals surface area contributed by atoms with E-state index in [9.17, 15) is 9.59 Å². The van der Waals surface area contributed by atoms with Gasteiger partial charge in [-0.1, -0.05) is 34.8 Å². The summed E-state index contributed by atoms with van der Waals surface area (Å²) < 4.78 is 2.86. The van der Waals surface area contributed by atoms with Gasteiger partial charge in [-0.3, -0.25) is 9.59 Å². The van der Waals surface area contributed by atoms with Gasteiger partial charge in [0.1, 0.15) is 12.6 Å². The van der Waals surface area contributed by atoms with Gasteiger partial charge in [0.2, 0.25) is 3.79 Å². The molecule has 0 unspecified atom stereocenters. The minimum atomic E-state index is -1.69. The number of hydrogen-bond acceptors (Lipinski definition) is 4. The molecule has 5 nitrogen and oxygen atoms in total. The quantitative estimate of drug-likeness (QED) is 0.580. The summed E-state index contributed by atoms with van der Waals surface area (Å²) in [6, 6.07) is -1.02. The number of carbonyl (C=O) groups is 2. The van der Waals surface area contributed by atoms with Crippen LogP contribution in [0.25, 0.3) is 0 Å². The van der Waals surface area contributed by atoms with Crippen molar-refractivity contribution in [3.8, 4) is 0 Å². The summed E-state index contributed by atoms with van der Waals surface area (Å²) in [5.41, 5.74) is 5.33. The molecule has 0 saturated heterocycles. The van der Waals surface area contributed by atoms with E-state index in [1.807, 2.05) is 0 Å². The summed E-state index contributed by atoms with van der Waals surface area (Å²) >= 11 is 16.0. The summed E-state index contributed by atoms with van der Waals surface area (Å²) in [7, 11) is 0. The van der Waals surface area contributed by atoms with E-state index in [1.54, 1.807) is 0 Å². The maximum Gasteiger partial charge on any atom is 0.323 e. The standard InChI is InChI=1S/C7H10Cl3NO4/c8-7(9,10)3-15-6(14)4(11)1-2-5(12)13/h4H,1-3,11H2,(H,12,13)/t4-/m0/s1. The normalized spacial score (nSPS) is 13.3. The second-order valence-corrected chi connectivity index (χ2v) is 5.28. The predicted molar refractivity (Wildman–Crippen MR) is 56.1 cm³/mol. The van der Waals surface area contributed by atoms with E-state index in [0.717, 1.165) is 0 Å². The summed E-state index contributed by atoms with van der Waals surface area (Å²) in [4.78, 5) is 21.3. The first-order valence-corrected chi connectivity index (χ1v) is 5.06. The van der Waals surface area contributed by atoms with Crippen LogP contribution in [0.4, 0.5) is 0 Å². The molecule has 0 fully saturated rings. The molecular weight excluding hydrogens is 268 g/mol. The number of aliphatic carboxylic acids is 1. The lowest BCUT2D eigenvalue weighted by Crippen LogP contribution is -2.34. The molecule has 0 bridgehead atoms. The molecule has 0 aliphatic heterocycles. The molecule has 0 rings (SSSR count). The Bertz CT molecular complexity index is 241. The Labute approximate surface area is 101 Å². The zero-order chi connectivity index (χ0) is 12.1. The number of hydrogen-bond donors (Lipinski definition) is 2. The summed E-state index contributed by atoms with van der Waals surface area (Å²) in [6.45, 7) is -0.419. The van der Waals surface area contributed by atoms with Crippen LogP contribution >= 0.6 is 34.8 Å². The Kier molecular flexibility index (Phi) is 6.28. The second-order valence-electron chi connectivity index (χ2n) is 2.76. The van der Waals surface area contributed by atoms with E-state index >= 15 is 0 Å². The van der Waals surface area contributed by atoms with Crippen molar-refractivity contribution >= 4 is 46.7 Å². The fraction of sp³-hybridized carbons (Fsp3) is 0.714. The third kappa shape index (κ3) is 8.74. The number of nitrogens with two attached hydrogens (primary N) is 1. The molecule has 1 atom stereocenters. The van der Waals surface area contributed by atoms with Gasteiger partial charge in [0.15, 0.2) is 0 Å². The summed E-state index contributed by atoms with van der Waals surface area (Å²) in [6.07, 6.45) is -0.238. The van der Waals surface area contributed by atoms with E-state index in [4.69, 9.17) is 45.6 Å². The lowest BCUT2D eigenvalue weighted by atomic mass is 10.2. The number of esters is 1. The van der Waals surface area contributed by atoms with Crippen LogP contribution in [0.2, 0.25) is 0 Å². The Morgan fingerprint density at radius 3 is 2.33 bits per heavy atom. The maximum atomic E-state index is 11.1. The molecule has 0 radical (unpaired) electrons. The monoisotopic (exact) mass is 277 g/mol. The van der Waals surface area contributed by atoms with E-state index in [0.29, 0.717) is 0 Å². The molecule has 88 valence electrons. The number of rotatable bonds is 5. The van der Waals surface area contributed by atoms with Gasteiger partial charge in [0, 0.05) is 6.42 Å². The fourth-order valence-electron chi connectivity index (χ4n) is 0.657. The Morgan fingerprint density at radius 1 is 1.40 bits per heavy atom. The molecule has 15 heavy (non-hydrogen) atoms. The molecule has 0 heterocycles. The largest absolute Gasteiger partial charge is 0.481 e. The van der Waals surface area contributed by atoms with Gasteiger partial charge in [-0.2, -0.15) is 0 Å². The number of carbonyl (C=O) groups excluding carboxylic acids is 1. The minimum Gasteiger partial charge on any atom is -0.481 e. The van der Waals surface area contributed by atoms with Gasteiger partial charge < -0.3 is 15.6 Å². The maximum absolute atomic E-state index is 11.1. The molecule has 3 N–H and O–H groups in total. The van der Waals surface area contributed by atoms with Gasteiger partial charge >= 0.3 is 11.9 Å². The first-order valence-electron chi connectivity index (χ1n) is 3.93. The number of alkyl halides is 3. The molecule has 0 saturated carbocycles. The summed E-state index contributed by atoms with van der Waals surface area (Å²) in [5.74, 6) is -1.83. The van der Waals surface area contributed by atoms with E-state index in [2.05, 4.69) is 4.74 Å². The van der Waals surface area contributed by atoms with Crippen molar-refractivity contribution in [2.45, 2.75) is 22.7 Å². The van der Waals surface area contributed by atoms with Gasteiger partial charge in [-0.05, 0) is 6.42 Å². The number of ether oxygens (including phenoxy) is 1. The lowest BCUT2D eigenvalue weighted by molar-refractivity contribution is -0.145. The Balaban J connectivity index is 3.84. The Morgan fingerprint density at radius 2 is 1.93 bits per heavy atom. The van der Waals surface area contributed by atoms with Gasteiger partial charge in [0.25, 0.3) is 0 Å². The lowest BCUT2D eigenvalue weighted by Gasteiger charge is -2.14. The first-order chi connectivity index (χ1) is 6.72. The number of carboxylic acid groups (broad SMARTS) is 1. The van der Waals surface area contributed by atoms with Gasteiger partial charge in [0.05, 0.1) is 0 Å². The average Bonchev–Trinajstić information content (AvgIpc) is 2.08. The van der Waals surface area contributed by atoms with Crippen LogP contribution in [0.5, 0.6) is 0 Å². The van der Waals surface area contributed by atoms with Crippen LogP contribution in [0.15, 0.2) is 0 Å². The highest BCUT2D eigenvalue weighted by atomic mass is 35.6. The van der Waals surface area contributed by atoms with Crippen LogP contribution in [0, 0.1) is 0 Å². The highest BCUT2D eigenvalue weighted by molar-refractivity contribution is 6.67.